The van der Waals surface area contributed by atoms with Crippen molar-refractivity contribution in [3.05, 3.63) is 96.3 Å². The molecule has 0 aliphatic rings. The zero-order valence-electron chi connectivity index (χ0n) is 17.4. The van der Waals surface area contributed by atoms with E-state index in [-0.39, 0.29) is 11.7 Å². The summed E-state index contributed by atoms with van der Waals surface area (Å²) in [5.74, 6) is 1.05. The van der Waals surface area contributed by atoms with Gasteiger partial charge in [-0.15, -0.1) is 16.8 Å². The van der Waals surface area contributed by atoms with Gasteiger partial charge in [0.1, 0.15) is 5.82 Å². The fourth-order valence-electron chi connectivity index (χ4n) is 3.54. The highest BCUT2D eigenvalue weighted by atomic mass is 32.2. The highest BCUT2D eigenvalue weighted by molar-refractivity contribution is 7.99. The molecular weight excluding hydrogens is 404 g/mol. The van der Waals surface area contributed by atoms with Crippen LogP contribution in [0, 0.1) is 6.92 Å². The number of hydrogen-bond donors (Lipinski definition) is 1. The molecule has 0 saturated heterocycles. The van der Waals surface area contributed by atoms with Crippen molar-refractivity contribution in [1.29, 1.82) is 0 Å². The van der Waals surface area contributed by atoms with Crippen molar-refractivity contribution in [2.75, 3.05) is 11.1 Å². The second kappa shape index (κ2) is 9.62. The predicted molar refractivity (Wildman–Crippen MR) is 128 cm³/mol. The number of nitrogens with zero attached hydrogens (tertiary/aromatic N) is 3. The summed E-state index contributed by atoms with van der Waals surface area (Å²) in [6.07, 6.45) is 2.49. The van der Waals surface area contributed by atoms with Gasteiger partial charge in [-0.2, -0.15) is 0 Å². The molecule has 1 amide bonds. The number of fused-ring (bicyclic) bond motifs is 1. The molecule has 0 bridgehead atoms. The third kappa shape index (κ3) is 5.03. The van der Waals surface area contributed by atoms with Crippen molar-refractivity contribution in [2.24, 2.45) is 0 Å². The molecule has 3 aromatic carbocycles. The molecule has 0 aliphatic heterocycles. The molecular formula is C25H24N4OS. The van der Waals surface area contributed by atoms with Gasteiger partial charge in [0.15, 0.2) is 5.16 Å². The predicted octanol–water partition coefficient (Wildman–Crippen LogP) is 5.25. The number of carbonyl (C=O) groups excluding carboxylic acids is 1. The van der Waals surface area contributed by atoms with Gasteiger partial charge < -0.3 is 9.88 Å². The van der Waals surface area contributed by atoms with Crippen LogP contribution >= 0.6 is 11.8 Å². The lowest BCUT2D eigenvalue weighted by atomic mass is 10.0. The maximum atomic E-state index is 12.4. The molecule has 0 atom stereocenters. The van der Waals surface area contributed by atoms with Crippen LogP contribution in [0.2, 0.25) is 0 Å². The Bertz CT molecular complexity index is 1230. The molecule has 31 heavy (non-hydrogen) atoms. The molecule has 1 aromatic heterocycles. The number of hydrogen-bond acceptors (Lipinski definition) is 4. The maximum Gasteiger partial charge on any atom is 0.234 e. The summed E-state index contributed by atoms with van der Waals surface area (Å²) in [6, 6.07) is 22.4. The molecule has 0 saturated carbocycles. The van der Waals surface area contributed by atoms with E-state index < -0.39 is 0 Å². The zero-order chi connectivity index (χ0) is 21.6. The molecule has 4 aromatic rings. The Morgan fingerprint density at radius 2 is 1.90 bits per heavy atom. The molecule has 5 nitrogen and oxygen atoms in total. The van der Waals surface area contributed by atoms with E-state index in [0.717, 1.165) is 22.2 Å². The third-order valence-electron chi connectivity index (χ3n) is 4.97. The first-order valence-electron chi connectivity index (χ1n) is 10.1. The van der Waals surface area contributed by atoms with Gasteiger partial charge in [-0.25, -0.2) is 0 Å². The molecule has 0 aliphatic carbocycles. The van der Waals surface area contributed by atoms with Gasteiger partial charge in [0.2, 0.25) is 5.91 Å². The number of rotatable bonds is 8. The minimum absolute atomic E-state index is 0.0700. The van der Waals surface area contributed by atoms with Gasteiger partial charge in [-0.1, -0.05) is 72.4 Å². The number of aryl methyl sites for hydroxylation is 1. The van der Waals surface area contributed by atoms with Crippen LogP contribution in [0.1, 0.15) is 17.0 Å². The van der Waals surface area contributed by atoms with Crippen LogP contribution in [0.4, 0.5) is 5.69 Å². The number of amides is 1. The maximum absolute atomic E-state index is 12.4. The van der Waals surface area contributed by atoms with Crippen molar-refractivity contribution in [3.8, 4) is 0 Å². The number of thioether (sulfide) groups is 1. The average Bonchev–Trinajstić information content (AvgIpc) is 3.14. The first-order valence-corrected chi connectivity index (χ1v) is 11.1. The molecule has 0 radical (unpaired) electrons. The average molecular weight is 429 g/mol. The van der Waals surface area contributed by atoms with Crippen LogP contribution in [0.25, 0.3) is 10.8 Å². The van der Waals surface area contributed by atoms with Crippen LogP contribution in [0.15, 0.2) is 84.5 Å². The summed E-state index contributed by atoms with van der Waals surface area (Å²) < 4.78 is 2.03. The van der Waals surface area contributed by atoms with Gasteiger partial charge in [-0.05, 0) is 41.0 Å². The van der Waals surface area contributed by atoms with Gasteiger partial charge in [-0.3, -0.25) is 4.79 Å². The lowest BCUT2D eigenvalue weighted by Gasteiger charge is -2.10. The standard InChI is InChI=1S/C25H24N4OS/c1-3-14-29-23(16-20-11-7-10-19-9-4-5-13-22(19)20)27-28-25(29)31-17-24(30)26-21-12-6-8-18(2)15-21/h3-13,15H,1,14,16-17H2,2H3,(H,26,30). The van der Waals surface area contributed by atoms with Crippen LogP contribution in [-0.2, 0) is 17.8 Å². The second-order valence-corrected chi connectivity index (χ2v) is 8.26. The van der Waals surface area contributed by atoms with E-state index in [1.54, 1.807) is 0 Å². The number of allylic oxidation sites excluding steroid dienone is 1. The Kier molecular flexibility index (Phi) is 6.48. The van der Waals surface area contributed by atoms with E-state index in [4.69, 9.17) is 0 Å². The molecule has 1 N–H and O–H groups in total. The lowest BCUT2D eigenvalue weighted by molar-refractivity contribution is -0.113. The zero-order valence-corrected chi connectivity index (χ0v) is 18.2. The van der Waals surface area contributed by atoms with E-state index in [9.17, 15) is 4.79 Å². The van der Waals surface area contributed by atoms with Gasteiger partial charge in [0, 0.05) is 18.7 Å². The van der Waals surface area contributed by atoms with Gasteiger partial charge in [0.05, 0.1) is 5.75 Å². The SMILES string of the molecule is C=CCn1c(Cc2cccc3ccccc23)nnc1SCC(=O)Nc1cccc(C)c1. The minimum Gasteiger partial charge on any atom is -0.325 e. The van der Waals surface area contributed by atoms with Crippen LogP contribution in [0.3, 0.4) is 0 Å². The molecule has 0 spiro atoms. The monoisotopic (exact) mass is 428 g/mol. The molecule has 4 rings (SSSR count). The van der Waals surface area contributed by atoms with Crippen LogP contribution in [-0.4, -0.2) is 26.4 Å². The normalized spacial score (nSPS) is 10.9. The Morgan fingerprint density at radius 1 is 1.10 bits per heavy atom. The fraction of sp³-hybridized carbons (Fsp3) is 0.160. The Labute approximate surface area is 186 Å². The van der Waals surface area contributed by atoms with Crippen molar-refractivity contribution >= 4 is 34.1 Å². The van der Waals surface area contributed by atoms with Crippen LogP contribution in [0.5, 0.6) is 0 Å². The summed E-state index contributed by atoms with van der Waals surface area (Å²) in [5, 5.41) is 14.8. The Morgan fingerprint density at radius 3 is 2.74 bits per heavy atom. The van der Waals surface area contributed by atoms with E-state index >= 15 is 0 Å². The topological polar surface area (TPSA) is 59.8 Å². The second-order valence-electron chi connectivity index (χ2n) is 7.32. The molecule has 156 valence electrons. The number of carbonyl (C=O) groups is 1. The smallest absolute Gasteiger partial charge is 0.234 e. The number of nitrogens with one attached hydrogen (secondary N) is 1. The Hall–Kier alpha value is -3.38. The third-order valence-corrected chi connectivity index (χ3v) is 5.93. The molecule has 6 heteroatoms. The van der Waals surface area contributed by atoms with Gasteiger partial charge >= 0.3 is 0 Å². The van der Waals surface area contributed by atoms with E-state index in [1.165, 1.54) is 28.1 Å². The van der Waals surface area contributed by atoms with Crippen LogP contribution < -0.4 is 5.32 Å². The summed E-state index contributed by atoms with van der Waals surface area (Å²) in [4.78, 5) is 12.4. The first-order chi connectivity index (χ1) is 15.1. The summed E-state index contributed by atoms with van der Waals surface area (Å²) in [7, 11) is 0. The van der Waals surface area contributed by atoms with E-state index in [0.29, 0.717) is 13.0 Å². The number of aromatic nitrogens is 3. The Balaban J connectivity index is 1.49. The van der Waals surface area contributed by atoms with E-state index in [1.807, 2.05) is 47.9 Å². The molecule has 0 unspecified atom stereocenters. The largest absolute Gasteiger partial charge is 0.325 e. The quantitative estimate of drug-likeness (QED) is 0.308. The minimum atomic E-state index is -0.0700. The van der Waals surface area contributed by atoms with E-state index in [2.05, 4.69) is 58.5 Å². The highest BCUT2D eigenvalue weighted by Crippen LogP contribution is 2.23. The lowest BCUT2D eigenvalue weighted by Crippen LogP contribution is -2.15. The highest BCUT2D eigenvalue weighted by Gasteiger charge is 2.15. The summed E-state index contributed by atoms with van der Waals surface area (Å²) >= 11 is 1.38. The molecule has 1 heterocycles. The number of anilines is 1. The van der Waals surface area contributed by atoms with Crippen molar-refractivity contribution in [2.45, 2.75) is 25.0 Å². The van der Waals surface area contributed by atoms with Crippen molar-refractivity contribution < 1.29 is 4.79 Å². The van der Waals surface area contributed by atoms with Crippen molar-refractivity contribution in [1.82, 2.24) is 14.8 Å². The molecule has 0 fully saturated rings. The summed E-state index contributed by atoms with van der Waals surface area (Å²) in [5.41, 5.74) is 3.11. The van der Waals surface area contributed by atoms with Crippen molar-refractivity contribution in [3.63, 3.8) is 0 Å². The van der Waals surface area contributed by atoms with Gasteiger partial charge in [0.25, 0.3) is 0 Å². The number of benzene rings is 3. The first kappa shape index (κ1) is 20.9. The summed E-state index contributed by atoms with van der Waals surface area (Å²) in [6.45, 7) is 6.46. The fourth-order valence-corrected chi connectivity index (χ4v) is 4.30.